The summed E-state index contributed by atoms with van der Waals surface area (Å²) in [6.45, 7) is 2.71. The highest BCUT2D eigenvalue weighted by atomic mass is 16.5. The van der Waals surface area contributed by atoms with Crippen LogP contribution >= 0.6 is 0 Å². The smallest absolute Gasteiger partial charge is 0.319 e. The first-order valence-electron chi connectivity index (χ1n) is 6.39. The Kier molecular flexibility index (Phi) is 4.57. The highest BCUT2D eigenvalue weighted by Crippen LogP contribution is 2.20. The van der Waals surface area contributed by atoms with E-state index in [4.69, 9.17) is 9.47 Å². The molecule has 0 bridgehead atoms. The van der Waals surface area contributed by atoms with Gasteiger partial charge in [-0.3, -0.25) is 0 Å². The van der Waals surface area contributed by atoms with Crippen molar-refractivity contribution in [1.82, 2.24) is 10.3 Å². The Balaban J connectivity index is 1.89. The molecule has 2 rings (SSSR count). The van der Waals surface area contributed by atoms with Gasteiger partial charge in [-0.15, -0.1) is 0 Å². The van der Waals surface area contributed by atoms with Crippen molar-refractivity contribution in [2.75, 3.05) is 19.0 Å². The summed E-state index contributed by atoms with van der Waals surface area (Å²) < 4.78 is 10.6. The number of nitrogens with zero attached hydrogens (tertiary/aromatic N) is 1. The Morgan fingerprint density at radius 2 is 2.47 bits per heavy atom. The summed E-state index contributed by atoms with van der Waals surface area (Å²) in [6, 6.07) is 3.17. The average Bonchev–Trinajstić information content (AvgIpc) is 2.93. The largest absolute Gasteiger partial charge is 0.480 e. The standard InChI is InChI=1S/C13H19N3O3/c1-9(11-6-4-8-19-11)15-13(17)16-10-5-3-7-14-12(10)18-2/h3,5,7,9,11H,4,6,8H2,1-2H3,(H2,15,16,17). The van der Waals surface area contributed by atoms with Crippen LogP contribution in [0.2, 0.25) is 0 Å². The van der Waals surface area contributed by atoms with E-state index in [0.717, 1.165) is 19.4 Å². The SMILES string of the molecule is COc1ncccc1NC(=O)NC(C)C1CCCO1. The molecule has 0 radical (unpaired) electrons. The molecule has 0 spiro atoms. The minimum atomic E-state index is -0.283. The van der Waals surface area contributed by atoms with Crippen molar-refractivity contribution in [3.05, 3.63) is 18.3 Å². The maximum Gasteiger partial charge on any atom is 0.319 e. The Bertz CT molecular complexity index is 433. The predicted molar refractivity (Wildman–Crippen MR) is 71.4 cm³/mol. The number of carbonyl (C=O) groups excluding carboxylic acids is 1. The molecule has 1 aromatic heterocycles. The van der Waals surface area contributed by atoms with Gasteiger partial charge < -0.3 is 20.1 Å². The number of methoxy groups -OCH3 is 1. The van der Waals surface area contributed by atoms with E-state index >= 15 is 0 Å². The highest BCUT2D eigenvalue weighted by Gasteiger charge is 2.23. The molecule has 1 aliphatic heterocycles. The number of pyridine rings is 1. The van der Waals surface area contributed by atoms with Crippen molar-refractivity contribution in [1.29, 1.82) is 0 Å². The topological polar surface area (TPSA) is 72.5 Å². The zero-order valence-corrected chi connectivity index (χ0v) is 11.2. The predicted octanol–water partition coefficient (Wildman–Crippen LogP) is 1.78. The summed E-state index contributed by atoms with van der Waals surface area (Å²) in [4.78, 5) is 15.9. The van der Waals surface area contributed by atoms with Crippen LogP contribution in [0.5, 0.6) is 5.88 Å². The number of hydrogen-bond donors (Lipinski definition) is 2. The molecule has 0 aromatic carbocycles. The van der Waals surface area contributed by atoms with E-state index in [1.807, 2.05) is 6.92 Å². The minimum Gasteiger partial charge on any atom is -0.480 e. The molecular formula is C13H19N3O3. The number of aromatic nitrogens is 1. The van der Waals surface area contributed by atoms with Crippen LogP contribution in [0, 0.1) is 0 Å². The van der Waals surface area contributed by atoms with Crippen molar-refractivity contribution in [3.63, 3.8) is 0 Å². The Morgan fingerprint density at radius 1 is 1.63 bits per heavy atom. The second-order valence-corrected chi connectivity index (χ2v) is 4.50. The number of urea groups is 1. The molecule has 19 heavy (non-hydrogen) atoms. The molecule has 1 aromatic rings. The van der Waals surface area contributed by atoms with Gasteiger partial charge in [-0.2, -0.15) is 0 Å². The lowest BCUT2D eigenvalue weighted by Crippen LogP contribution is -2.43. The van der Waals surface area contributed by atoms with Crippen LogP contribution < -0.4 is 15.4 Å². The summed E-state index contributed by atoms with van der Waals surface area (Å²) in [6.07, 6.45) is 3.74. The van der Waals surface area contributed by atoms with Gasteiger partial charge in [-0.1, -0.05) is 0 Å². The molecule has 0 aliphatic carbocycles. The van der Waals surface area contributed by atoms with E-state index in [9.17, 15) is 4.79 Å². The lowest BCUT2D eigenvalue weighted by atomic mass is 10.1. The summed E-state index contributed by atoms with van der Waals surface area (Å²) >= 11 is 0. The van der Waals surface area contributed by atoms with Gasteiger partial charge in [0.05, 0.1) is 19.3 Å². The Morgan fingerprint density at radius 3 is 3.16 bits per heavy atom. The number of rotatable bonds is 4. The average molecular weight is 265 g/mol. The Hall–Kier alpha value is -1.82. The molecule has 1 fully saturated rings. The van der Waals surface area contributed by atoms with Crippen LogP contribution in [0.3, 0.4) is 0 Å². The van der Waals surface area contributed by atoms with Crippen LogP contribution in [-0.2, 0) is 4.74 Å². The van der Waals surface area contributed by atoms with Crippen LogP contribution in [0.15, 0.2) is 18.3 Å². The van der Waals surface area contributed by atoms with E-state index in [0.29, 0.717) is 11.6 Å². The number of amides is 2. The normalized spacial score (nSPS) is 19.8. The molecular weight excluding hydrogens is 246 g/mol. The zero-order valence-electron chi connectivity index (χ0n) is 11.2. The van der Waals surface area contributed by atoms with Gasteiger partial charge >= 0.3 is 6.03 Å². The number of carbonyl (C=O) groups is 1. The number of ether oxygens (including phenoxy) is 2. The summed E-state index contributed by atoms with van der Waals surface area (Å²) in [7, 11) is 1.51. The van der Waals surface area contributed by atoms with Crippen LogP contribution in [0.4, 0.5) is 10.5 Å². The first kappa shape index (κ1) is 13.6. The molecule has 2 amide bonds. The first-order chi connectivity index (χ1) is 9.20. The summed E-state index contributed by atoms with van der Waals surface area (Å²) in [5, 5.41) is 5.59. The Labute approximate surface area is 112 Å². The van der Waals surface area contributed by atoms with E-state index in [1.165, 1.54) is 7.11 Å². The molecule has 2 unspecified atom stereocenters. The highest BCUT2D eigenvalue weighted by molar-refractivity contribution is 5.90. The second-order valence-electron chi connectivity index (χ2n) is 4.50. The molecule has 2 heterocycles. The van der Waals surface area contributed by atoms with E-state index < -0.39 is 0 Å². The van der Waals surface area contributed by atoms with E-state index in [2.05, 4.69) is 15.6 Å². The number of nitrogens with one attached hydrogen (secondary N) is 2. The maximum atomic E-state index is 11.9. The molecule has 1 aliphatic rings. The van der Waals surface area contributed by atoms with E-state index in [-0.39, 0.29) is 18.2 Å². The van der Waals surface area contributed by atoms with Gasteiger partial charge in [0, 0.05) is 12.8 Å². The van der Waals surface area contributed by atoms with E-state index in [1.54, 1.807) is 18.3 Å². The fourth-order valence-corrected chi connectivity index (χ4v) is 2.10. The fraction of sp³-hybridized carbons (Fsp3) is 0.538. The first-order valence-corrected chi connectivity index (χ1v) is 6.39. The van der Waals surface area contributed by atoms with Crippen molar-refractivity contribution >= 4 is 11.7 Å². The summed E-state index contributed by atoms with van der Waals surface area (Å²) in [5.74, 6) is 0.391. The third-order valence-corrected chi connectivity index (χ3v) is 3.09. The monoisotopic (exact) mass is 265 g/mol. The maximum absolute atomic E-state index is 11.9. The third-order valence-electron chi connectivity index (χ3n) is 3.09. The van der Waals surface area contributed by atoms with Gasteiger partial charge in [-0.25, -0.2) is 9.78 Å². The lowest BCUT2D eigenvalue weighted by molar-refractivity contribution is 0.0868. The fourth-order valence-electron chi connectivity index (χ4n) is 2.10. The van der Waals surface area contributed by atoms with Crippen molar-refractivity contribution in [2.24, 2.45) is 0 Å². The summed E-state index contributed by atoms with van der Waals surface area (Å²) in [5.41, 5.74) is 0.544. The van der Waals surface area contributed by atoms with Crippen LogP contribution in [0.25, 0.3) is 0 Å². The molecule has 6 nitrogen and oxygen atoms in total. The lowest BCUT2D eigenvalue weighted by Gasteiger charge is -2.20. The van der Waals surface area contributed by atoms with Crippen molar-refractivity contribution < 1.29 is 14.3 Å². The van der Waals surface area contributed by atoms with Gasteiger partial charge in [0.2, 0.25) is 5.88 Å². The minimum absolute atomic E-state index is 0.0230. The molecule has 0 saturated carbocycles. The number of hydrogen-bond acceptors (Lipinski definition) is 4. The molecule has 6 heteroatoms. The van der Waals surface area contributed by atoms with Gasteiger partial charge in [0.1, 0.15) is 5.69 Å². The molecule has 2 N–H and O–H groups in total. The van der Waals surface area contributed by atoms with Crippen LogP contribution in [-0.4, -0.2) is 36.9 Å². The van der Waals surface area contributed by atoms with Crippen LogP contribution in [0.1, 0.15) is 19.8 Å². The van der Waals surface area contributed by atoms with Gasteiger partial charge in [0.25, 0.3) is 0 Å². The number of anilines is 1. The molecule has 2 atom stereocenters. The third kappa shape index (κ3) is 3.57. The quantitative estimate of drug-likeness (QED) is 0.870. The second kappa shape index (κ2) is 6.38. The van der Waals surface area contributed by atoms with Gasteiger partial charge in [0.15, 0.2) is 0 Å². The van der Waals surface area contributed by atoms with Crippen molar-refractivity contribution in [2.45, 2.75) is 31.9 Å². The molecule has 1 saturated heterocycles. The zero-order chi connectivity index (χ0) is 13.7. The molecule has 104 valence electrons. The van der Waals surface area contributed by atoms with Crippen molar-refractivity contribution in [3.8, 4) is 5.88 Å². The van der Waals surface area contributed by atoms with Gasteiger partial charge in [-0.05, 0) is 31.9 Å².